The fraction of sp³-hybridized carbons (Fsp3) is 0.714. The highest BCUT2D eigenvalue weighted by Crippen LogP contribution is 2.10. The molecule has 0 aliphatic heterocycles. The lowest BCUT2D eigenvalue weighted by Crippen LogP contribution is -2.44. The van der Waals surface area contributed by atoms with Gasteiger partial charge >= 0.3 is 11.9 Å². The highest BCUT2D eigenvalue weighted by atomic mass is 16.4. The Kier molecular flexibility index (Phi) is 3.69. The van der Waals surface area contributed by atoms with Crippen molar-refractivity contribution in [3.63, 3.8) is 0 Å². The Morgan fingerprint density at radius 1 is 1.42 bits per heavy atom. The van der Waals surface area contributed by atoms with Crippen molar-refractivity contribution >= 4 is 11.9 Å². The molecule has 12 heavy (non-hydrogen) atoms. The number of carbonyl (C=O) groups is 2. The molecule has 0 fully saturated rings. The molecule has 0 saturated carbocycles. The molecule has 0 aliphatic rings. The lowest BCUT2D eigenvalue weighted by molar-refractivity contribution is -0.143. The first kappa shape index (κ1) is 10.9. The van der Waals surface area contributed by atoms with Gasteiger partial charge in [0.05, 0.1) is 0 Å². The molecule has 5 nitrogen and oxygen atoms in total. The van der Waals surface area contributed by atoms with E-state index in [2.05, 4.69) is 0 Å². The lowest BCUT2D eigenvalue weighted by Gasteiger charge is -2.17. The van der Waals surface area contributed by atoms with Gasteiger partial charge in [-0.2, -0.15) is 0 Å². The molecule has 0 aromatic heterocycles. The van der Waals surface area contributed by atoms with Crippen molar-refractivity contribution in [2.75, 3.05) is 0 Å². The summed E-state index contributed by atoms with van der Waals surface area (Å²) in [6.45, 7) is 1.37. The van der Waals surface area contributed by atoms with Crippen LogP contribution in [0.25, 0.3) is 0 Å². The van der Waals surface area contributed by atoms with Crippen molar-refractivity contribution in [2.45, 2.75) is 31.7 Å². The predicted molar refractivity (Wildman–Crippen MR) is 41.7 cm³/mol. The largest absolute Gasteiger partial charge is 0.481 e. The predicted octanol–water partition coefficient (Wildman–Crippen LogP) is 0.0433. The molecule has 70 valence electrons. The Morgan fingerprint density at radius 2 is 1.92 bits per heavy atom. The molecule has 0 unspecified atom stereocenters. The third-order valence-electron chi connectivity index (χ3n) is 1.58. The van der Waals surface area contributed by atoms with Gasteiger partial charge in [-0.1, -0.05) is 0 Å². The van der Waals surface area contributed by atoms with Gasteiger partial charge in [0.1, 0.15) is 5.54 Å². The fourth-order valence-electron chi connectivity index (χ4n) is 0.714. The Morgan fingerprint density at radius 3 is 2.25 bits per heavy atom. The summed E-state index contributed by atoms with van der Waals surface area (Å²) in [5, 5.41) is 16.8. The van der Waals surface area contributed by atoms with Gasteiger partial charge in [0, 0.05) is 6.42 Å². The number of aliphatic carboxylic acids is 2. The summed E-state index contributed by atoms with van der Waals surface area (Å²) in [6, 6.07) is 0. The van der Waals surface area contributed by atoms with Crippen molar-refractivity contribution in [1.29, 1.82) is 0 Å². The third kappa shape index (κ3) is 3.92. The highest BCUT2D eigenvalue weighted by Gasteiger charge is 2.27. The Balaban J connectivity index is 3.76. The summed E-state index contributed by atoms with van der Waals surface area (Å²) < 4.78 is 0. The van der Waals surface area contributed by atoms with Crippen molar-refractivity contribution in [2.24, 2.45) is 5.73 Å². The summed E-state index contributed by atoms with van der Waals surface area (Å²) in [6.07, 6.45) is 0.420. The minimum Gasteiger partial charge on any atom is -0.481 e. The van der Waals surface area contributed by atoms with Gasteiger partial charge in [-0.3, -0.25) is 9.59 Å². The monoisotopic (exact) mass is 175 g/mol. The van der Waals surface area contributed by atoms with Crippen LogP contribution in [0.4, 0.5) is 0 Å². The molecule has 0 aromatic rings. The summed E-state index contributed by atoms with van der Waals surface area (Å²) in [7, 11) is 0. The van der Waals surface area contributed by atoms with Crippen LogP contribution in [-0.2, 0) is 9.59 Å². The van der Waals surface area contributed by atoms with E-state index < -0.39 is 17.5 Å². The molecule has 0 rings (SSSR count). The van der Waals surface area contributed by atoms with Gasteiger partial charge in [0.2, 0.25) is 0 Å². The average Bonchev–Trinajstić information content (AvgIpc) is 1.85. The van der Waals surface area contributed by atoms with Gasteiger partial charge < -0.3 is 15.9 Å². The molecule has 0 saturated heterocycles. The highest BCUT2D eigenvalue weighted by molar-refractivity contribution is 5.77. The van der Waals surface area contributed by atoms with E-state index >= 15 is 0 Å². The van der Waals surface area contributed by atoms with Gasteiger partial charge in [-0.05, 0) is 19.8 Å². The van der Waals surface area contributed by atoms with Crippen LogP contribution in [-0.4, -0.2) is 27.7 Å². The van der Waals surface area contributed by atoms with Crippen molar-refractivity contribution in [3.05, 3.63) is 0 Å². The van der Waals surface area contributed by atoms with E-state index in [-0.39, 0.29) is 19.3 Å². The molecule has 1 atom stereocenters. The molecule has 5 heteroatoms. The van der Waals surface area contributed by atoms with Crippen LogP contribution in [0, 0.1) is 0 Å². The first-order valence-electron chi connectivity index (χ1n) is 3.60. The van der Waals surface area contributed by atoms with Crippen LogP contribution in [0.2, 0.25) is 0 Å². The van der Waals surface area contributed by atoms with E-state index in [1.54, 1.807) is 0 Å². The third-order valence-corrected chi connectivity index (χ3v) is 1.58. The summed E-state index contributed by atoms with van der Waals surface area (Å²) >= 11 is 0. The molecule has 0 heterocycles. The van der Waals surface area contributed by atoms with Gasteiger partial charge in [-0.15, -0.1) is 0 Å². The van der Waals surface area contributed by atoms with E-state index in [0.717, 1.165) is 0 Å². The number of carboxylic acid groups (broad SMARTS) is 2. The molecule has 0 radical (unpaired) electrons. The Bertz CT molecular complexity index is 188. The van der Waals surface area contributed by atoms with Crippen LogP contribution in [0.3, 0.4) is 0 Å². The van der Waals surface area contributed by atoms with Gasteiger partial charge in [0.25, 0.3) is 0 Å². The van der Waals surface area contributed by atoms with Crippen molar-refractivity contribution in [1.82, 2.24) is 0 Å². The Hall–Kier alpha value is -1.10. The van der Waals surface area contributed by atoms with E-state index in [4.69, 9.17) is 15.9 Å². The van der Waals surface area contributed by atoms with E-state index in [0.29, 0.717) is 0 Å². The fourth-order valence-corrected chi connectivity index (χ4v) is 0.714. The summed E-state index contributed by atoms with van der Waals surface area (Å²) in [5.74, 6) is -2.04. The molecule has 0 aromatic carbocycles. The first-order chi connectivity index (χ1) is 5.36. The maximum absolute atomic E-state index is 10.4. The first-order valence-corrected chi connectivity index (χ1v) is 3.60. The maximum atomic E-state index is 10.4. The summed E-state index contributed by atoms with van der Waals surface area (Å²) in [4.78, 5) is 20.5. The quantitative estimate of drug-likeness (QED) is 0.547. The topological polar surface area (TPSA) is 101 Å². The van der Waals surface area contributed by atoms with Crippen LogP contribution in [0.1, 0.15) is 26.2 Å². The van der Waals surface area contributed by atoms with Crippen LogP contribution < -0.4 is 5.73 Å². The SMILES string of the molecule is C[C@](N)(CCCC(=O)O)C(=O)O. The van der Waals surface area contributed by atoms with Crippen molar-refractivity contribution < 1.29 is 19.8 Å². The van der Waals surface area contributed by atoms with E-state index in [1.165, 1.54) is 6.92 Å². The number of hydrogen-bond donors (Lipinski definition) is 3. The Labute approximate surface area is 70.2 Å². The average molecular weight is 175 g/mol. The lowest BCUT2D eigenvalue weighted by atomic mass is 9.96. The van der Waals surface area contributed by atoms with E-state index in [1.807, 2.05) is 0 Å². The molecule has 4 N–H and O–H groups in total. The molecule has 0 bridgehead atoms. The minimum atomic E-state index is -1.31. The summed E-state index contributed by atoms with van der Waals surface area (Å²) in [5.41, 5.74) is 4.04. The van der Waals surface area contributed by atoms with Crippen molar-refractivity contribution in [3.8, 4) is 0 Å². The smallest absolute Gasteiger partial charge is 0.323 e. The molecule has 0 aliphatic carbocycles. The van der Waals surface area contributed by atoms with Gasteiger partial charge in [0.15, 0.2) is 0 Å². The van der Waals surface area contributed by atoms with E-state index in [9.17, 15) is 9.59 Å². The number of nitrogens with two attached hydrogens (primary N) is 1. The standard InChI is InChI=1S/C7H13NO4/c1-7(8,6(11)12)4-2-3-5(9)10/h2-4,8H2,1H3,(H,9,10)(H,11,12)/t7-/m0/s1. The number of carboxylic acids is 2. The zero-order valence-corrected chi connectivity index (χ0v) is 6.91. The maximum Gasteiger partial charge on any atom is 0.323 e. The minimum absolute atomic E-state index is 0.0416. The second-order valence-electron chi connectivity index (χ2n) is 2.97. The zero-order chi connectivity index (χ0) is 9.78. The second-order valence-corrected chi connectivity index (χ2v) is 2.97. The normalized spacial score (nSPS) is 15.2. The van der Waals surface area contributed by atoms with Crippen LogP contribution >= 0.6 is 0 Å². The molecular weight excluding hydrogens is 162 g/mol. The molecule has 0 spiro atoms. The number of rotatable bonds is 5. The second kappa shape index (κ2) is 4.06. The number of hydrogen-bond acceptors (Lipinski definition) is 3. The van der Waals surface area contributed by atoms with Crippen LogP contribution in [0.5, 0.6) is 0 Å². The zero-order valence-electron chi connectivity index (χ0n) is 6.91. The molecular formula is C7H13NO4. The van der Waals surface area contributed by atoms with Gasteiger partial charge in [-0.25, -0.2) is 0 Å². The molecule has 0 amide bonds. The van der Waals surface area contributed by atoms with Crippen LogP contribution in [0.15, 0.2) is 0 Å².